The molecule has 1 heterocycles. The number of halogens is 3. The van der Waals surface area contributed by atoms with Crippen LogP contribution >= 0.6 is 45.8 Å². The van der Waals surface area contributed by atoms with Crippen LogP contribution in [0.2, 0.25) is 10.0 Å². The Hall–Kier alpha value is -3.28. The SMILES string of the molecule is CCOc1ccc(N2C(=O)NC(=O)/C(=C/c3cc(I)c(OCc4ccc(Cl)cc4Cl)c(OC)c3)C2=O)cc1. The Morgan fingerprint density at radius 2 is 1.74 bits per heavy atom. The molecule has 8 nitrogen and oxygen atoms in total. The molecule has 0 aromatic heterocycles. The number of hydrogen-bond acceptors (Lipinski definition) is 6. The zero-order valence-corrected chi connectivity index (χ0v) is 23.9. The number of methoxy groups -OCH3 is 1. The van der Waals surface area contributed by atoms with Crippen LogP contribution in [-0.2, 0) is 16.2 Å². The fraction of sp³-hybridized carbons (Fsp3) is 0.148. The first-order valence-electron chi connectivity index (χ1n) is 11.3. The van der Waals surface area contributed by atoms with Crippen molar-refractivity contribution in [2.45, 2.75) is 13.5 Å². The predicted octanol–water partition coefficient (Wildman–Crippen LogP) is 6.25. The van der Waals surface area contributed by atoms with Crippen LogP contribution in [0.5, 0.6) is 17.2 Å². The molecule has 3 aromatic rings. The van der Waals surface area contributed by atoms with E-state index in [0.717, 1.165) is 10.5 Å². The van der Waals surface area contributed by atoms with E-state index in [-0.39, 0.29) is 12.2 Å². The van der Waals surface area contributed by atoms with Gasteiger partial charge in [0.2, 0.25) is 0 Å². The van der Waals surface area contributed by atoms with Crippen molar-refractivity contribution in [3.8, 4) is 17.2 Å². The highest BCUT2D eigenvalue weighted by atomic mass is 127. The summed E-state index contributed by atoms with van der Waals surface area (Å²) in [4.78, 5) is 39.3. The minimum Gasteiger partial charge on any atom is -0.494 e. The third-order valence-corrected chi connectivity index (χ3v) is 6.85. The molecule has 0 atom stereocenters. The Balaban J connectivity index is 1.61. The van der Waals surface area contributed by atoms with Crippen LogP contribution in [0.4, 0.5) is 10.5 Å². The Morgan fingerprint density at radius 3 is 2.39 bits per heavy atom. The van der Waals surface area contributed by atoms with Gasteiger partial charge >= 0.3 is 6.03 Å². The fourth-order valence-electron chi connectivity index (χ4n) is 3.67. The molecule has 0 saturated carbocycles. The lowest BCUT2D eigenvalue weighted by Gasteiger charge is -2.26. The highest BCUT2D eigenvalue weighted by molar-refractivity contribution is 14.1. The average Bonchev–Trinajstić information content (AvgIpc) is 2.87. The first kappa shape index (κ1) is 27.7. The molecule has 4 rings (SSSR count). The topological polar surface area (TPSA) is 94.2 Å². The number of carbonyl (C=O) groups excluding carboxylic acids is 3. The first-order valence-corrected chi connectivity index (χ1v) is 13.1. The maximum Gasteiger partial charge on any atom is 0.335 e. The van der Waals surface area contributed by atoms with E-state index in [0.29, 0.717) is 48.7 Å². The summed E-state index contributed by atoms with van der Waals surface area (Å²) in [5.41, 5.74) is 1.33. The number of barbiturate groups is 1. The van der Waals surface area contributed by atoms with Crippen LogP contribution in [0.1, 0.15) is 18.1 Å². The number of urea groups is 1. The smallest absolute Gasteiger partial charge is 0.335 e. The van der Waals surface area contributed by atoms with Crippen molar-refractivity contribution in [3.63, 3.8) is 0 Å². The third kappa shape index (κ3) is 6.06. The molecular weight excluding hydrogens is 646 g/mol. The lowest BCUT2D eigenvalue weighted by atomic mass is 10.1. The van der Waals surface area contributed by atoms with Gasteiger partial charge in [-0.25, -0.2) is 9.69 Å². The molecule has 11 heteroatoms. The van der Waals surface area contributed by atoms with Crippen molar-refractivity contribution < 1.29 is 28.6 Å². The molecule has 0 aliphatic carbocycles. The van der Waals surface area contributed by atoms with Gasteiger partial charge in [0.25, 0.3) is 11.8 Å². The largest absolute Gasteiger partial charge is 0.494 e. The normalized spacial score (nSPS) is 14.5. The Bertz CT molecular complexity index is 1440. The molecule has 196 valence electrons. The standard InChI is InChI=1S/C27H21Cl2IN2O6/c1-3-37-19-8-6-18(7-9-19)32-26(34)20(25(33)31-27(32)35)10-15-11-22(30)24(23(12-15)36-2)38-14-16-4-5-17(28)13-21(16)29/h4-13H,3,14H2,1-2H3,(H,31,33,35)/b20-10-. The quantitative estimate of drug-likeness (QED) is 0.174. The second-order valence-electron chi connectivity index (χ2n) is 7.94. The zero-order valence-electron chi connectivity index (χ0n) is 20.2. The minimum atomic E-state index is -0.835. The molecule has 3 aromatic carbocycles. The Morgan fingerprint density at radius 1 is 1.00 bits per heavy atom. The number of imide groups is 2. The summed E-state index contributed by atoms with van der Waals surface area (Å²) in [6, 6.07) is 14.1. The Kier molecular flexibility index (Phi) is 8.80. The van der Waals surface area contributed by atoms with Crippen LogP contribution in [0, 0.1) is 3.57 Å². The van der Waals surface area contributed by atoms with E-state index >= 15 is 0 Å². The van der Waals surface area contributed by atoms with Crippen molar-refractivity contribution in [2.24, 2.45) is 0 Å². The highest BCUT2D eigenvalue weighted by Crippen LogP contribution is 2.36. The Labute approximate surface area is 242 Å². The second-order valence-corrected chi connectivity index (χ2v) is 9.95. The van der Waals surface area contributed by atoms with Gasteiger partial charge in [0.1, 0.15) is 17.9 Å². The van der Waals surface area contributed by atoms with E-state index in [1.54, 1.807) is 54.6 Å². The van der Waals surface area contributed by atoms with E-state index in [9.17, 15) is 14.4 Å². The summed E-state index contributed by atoms with van der Waals surface area (Å²) in [6.45, 7) is 2.50. The van der Waals surface area contributed by atoms with Gasteiger partial charge in [-0.15, -0.1) is 0 Å². The highest BCUT2D eigenvalue weighted by Gasteiger charge is 2.37. The zero-order chi connectivity index (χ0) is 27.4. The van der Waals surface area contributed by atoms with Gasteiger partial charge in [-0.1, -0.05) is 29.3 Å². The van der Waals surface area contributed by atoms with Crippen LogP contribution in [0.3, 0.4) is 0 Å². The molecule has 0 radical (unpaired) electrons. The summed E-state index contributed by atoms with van der Waals surface area (Å²) in [7, 11) is 1.48. The maximum absolute atomic E-state index is 13.2. The summed E-state index contributed by atoms with van der Waals surface area (Å²) in [6.07, 6.45) is 1.40. The summed E-state index contributed by atoms with van der Waals surface area (Å²) in [5.74, 6) is -0.109. The van der Waals surface area contributed by atoms with Crippen LogP contribution in [0.25, 0.3) is 6.08 Å². The van der Waals surface area contributed by atoms with E-state index in [2.05, 4.69) is 27.9 Å². The third-order valence-electron chi connectivity index (χ3n) is 5.46. The first-order chi connectivity index (χ1) is 18.2. The molecule has 0 unspecified atom stereocenters. The molecule has 0 spiro atoms. The van der Waals surface area contributed by atoms with Crippen molar-refractivity contribution in [1.29, 1.82) is 0 Å². The van der Waals surface area contributed by atoms with Crippen molar-refractivity contribution >= 4 is 75.4 Å². The molecular formula is C27H21Cl2IN2O6. The molecule has 38 heavy (non-hydrogen) atoms. The lowest BCUT2D eigenvalue weighted by molar-refractivity contribution is -0.122. The summed E-state index contributed by atoms with van der Waals surface area (Å²) < 4.78 is 17.6. The number of rotatable bonds is 8. The van der Waals surface area contributed by atoms with E-state index in [1.807, 2.05) is 6.92 Å². The van der Waals surface area contributed by atoms with Gasteiger partial charge in [0, 0.05) is 15.6 Å². The van der Waals surface area contributed by atoms with Gasteiger partial charge in [0.05, 0.1) is 23.0 Å². The number of nitrogens with zero attached hydrogens (tertiary/aromatic N) is 1. The summed E-state index contributed by atoms with van der Waals surface area (Å²) in [5, 5.41) is 3.21. The molecule has 1 aliphatic heterocycles. The monoisotopic (exact) mass is 666 g/mol. The van der Waals surface area contributed by atoms with Crippen molar-refractivity contribution in [2.75, 3.05) is 18.6 Å². The summed E-state index contributed by atoms with van der Waals surface area (Å²) >= 11 is 14.3. The van der Waals surface area contributed by atoms with Gasteiger partial charge in [0.15, 0.2) is 11.5 Å². The van der Waals surface area contributed by atoms with Crippen LogP contribution in [0.15, 0.2) is 60.2 Å². The number of nitrogens with one attached hydrogen (secondary N) is 1. The number of anilines is 1. The van der Waals surface area contributed by atoms with E-state index in [4.69, 9.17) is 37.4 Å². The molecule has 0 bridgehead atoms. The number of hydrogen-bond donors (Lipinski definition) is 1. The number of amides is 4. The maximum atomic E-state index is 13.2. The number of carbonyl (C=O) groups is 3. The van der Waals surface area contributed by atoms with Gasteiger partial charge in [-0.3, -0.25) is 14.9 Å². The second kappa shape index (κ2) is 12.1. The van der Waals surface area contributed by atoms with E-state index < -0.39 is 17.8 Å². The number of ether oxygens (including phenoxy) is 3. The molecule has 1 fully saturated rings. The van der Waals surface area contributed by atoms with Crippen LogP contribution < -0.4 is 24.4 Å². The average molecular weight is 667 g/mol. The van der Waals surface area contributed by atoms with Crippen LogP contribution in [-0.4, -0.2) is 31.6 Å². The lowest BCUT2D eigenvalue weighted by Crippen LogP contribution is -2.54. The molecule has 4 amide bonds. The van der Waals surface area contributed by atoms with E-state index in [1.165, 1.54) is 13.2 Å². The minimum absolute atomic E-state index is 0.169. The van der Waals surface area contributed by atoms with Gasteiger partial charge in [-0.05, 0) is 89.7 Å². The van der Waals surface area contributed by atoms with Gasteiger partial charge < -0.3 is 14.2 Å². The van der Waals surface area contributed by atoms with Crippen molar-refractivity contribution in [3.05, 3.63) is 84.9 Å². The molecule has 1 N–H and O–H groups in total. The molecule has 1 saturated heterocycles. The number of benzene rings is 3. The fourth-order valence-corrected chi connectivity index (χ4v) is 4.91. The van der Waals surface area contributed by atoms with Crippen molar-refractivity contribution in [1.82, 2.24) is 5.32 Å². The molecule has 1 aliphatic rings. The van der Waals surface area contributed by atoms with Gasteiger partial charge in [-0.2, -0.15) is 0 Å². The predicted molar refractivity (Wildman–Crippen MR) is 153 cm³/mol.